The highest BCUT2D eigenvalue weighted by atomic mass is 32.2. The SMILES string of the molecule is CS(=O)(=O)c1cccc(C(=O)NCCCc2ccccc2)c1. The first-order valence-corrected chi connectivity index (χ1v) is 8.98. The molecule has 1 amide bonds. The molecule has 5 heteroatoms. The summed E-state index contributed by atoms with van der Waals surface area (Å²) in [4.78, 5) is 12.2. The number of aryl methyl sites for hydroxylation is 1. The van der Waals surface area contributed by atoms with Crippen LogP contribution >= 0.6 is 0 Å². The molecule has 1 N–H and O–H groups in total. The number of hydrogen-bond acceptors (Lipinski definition) is 3. The minimum absolute atomic E-state index is 0.157. The largest absolute Gasteiger partial charge is 0.352 e. The summed E-state index contributed by atoms with van der Waals surface area (Å²) in [6.07, 6.45) is 2.86. The van der Waals surface area contributed by atoms with E-state index in [-0.39, 0.29) is 10.8 Å². The van der Waals surface area contributed by atoms with Crippen molar-refractivity contribution < 1.29 is 13.2 Å². The van der Waals surface area contributed by atoms with Crippen LogP contribution in [0.4, 0.5) is 0 Å². The van der Waals surface area contributed by atoms with Gasteiger partial charge in [-0.05, 0) is 36.6 Å². The van der Waals surface area contributed by atoms with Gasteiger partial charge in [0.25, 0.3) is 5.91 Å². The summed E-state index contributed by atoms with van der Waals surface area (Å²) in [5.74, 6) is -0.251. The molecule has 0 heterocycles. The van der Waals surface area contributed by atoms with Crippen LogP contribution in [-0.2, 0) is 16.3 Å². The Morgan fingerprint density at radius 3 is 2.45 bits per heavy atom. The smallest absolute Gasteiger partial charge is 0.251 e. The zero-order chi connectivity index (χ0) is 16.0. The molecule has 0 saturated carbocycles. The lowest BCUT2D eigenvalue weighted by atomic mass is 10.1. The van der Waals surface area contributed by atoms with Crippen LogP contribution in [0, 0.1) is 0 Å². The van der Waals surface area contributed by atoms with Crippen molar-refractivity contribution in [2.45, 2.75) is 17.7 Å². The predicted octanol–water partition coefficient (Wildman–Crippen LogP) is 2.45. The van der Waals surface area contributed by atoms with Gasteiger partial charge in [0.1, 0.15) is 0 Å². The third-order valence-corrected chi connectivity index (χ3v) is 4.41. The first-order chi connectivity index (χ1) is 10.5. The molecule has 22 heavy (non-hydrogen) atoms. The van der Waals surface area contributed by atoms with Crippen molar-refractivity contribution in [2.24, 2.45) is 0 Å². The molecule has 2 aromatic rings. The molecule has 0 atom stereocenters. The molecule has 0 fully saturated rings. The summed E-state index contributed by atoms with van der Waals surface area (Å²) in [7, 11) is -3.30. The van der Waals surface area contributed by atoms with Crippen molar-refractivity contribution in [1.29, 1.82) is 0 Å². The third-order valence-electron chi connectivity index (χ3n) is 3.29. The van der Waals surface area contributed by atoms with Gasteiger partial charge in [0, 0.05) is 18.4 Å². The summed E-state index contributed by atoms with van der Waals surface area (Å²) in [6.45, 7) is 0.552. The Kier molecular flexibility index (Phi) is 5.33. The van der Waals surface area contributed by atoms with E-state index in [1.54, 1.807) is 12.1 Å². The Bertz CT molecular complexity index is 740. The van der Waals surface area contributed by atoms with E-state index in [4.69, 9.17) is 0 Å². The number of nitrogens with one attached hydrogen (secondary N) is 1. The quantitative estimate of drug-likeness (QED) is 0.832. The van der Waals surface area contributed by atoms with Crippen LogP contribution in [0.3, 0.4) is 0 Å². The summed E-state index contributed by atoms with van der Waals surface area (Å²) >= 11 is 0. The van der Waals surface area contributed by atoms with Crippen molar-refractivity contribution in [3.05, 3.63) is 65.7 Å². The minimum atomic E-state index is -3.30. The van der Waals surface area contributed by atoms with E-state index in [2.05, 4.69) is 17.4 Å². The molecule has 0 radical (unpaired) electrons. The lowest BCUT2D eigenvalue weighted by Crippen LogP contribution is -2.25. The van der Waals surface area contributed by atoms with Crippen LogP contribution in [0.1, 0.15) is 22.3 Å². The van der Waals surface area contributed by atoms with Gasteiger partial charge in [0.05, 0.1) is 4.90 Å². The summed E-state index contributed by atoms with van der Waals surface area (Å²) in [5, 5.41) is 2.81. The summed E-state index contributed by atoms with van der Waals surface area (Å²) in [5.41, 5.74) is 1.60. The lowest BCUT2D eigenvalue weighted by molar-refractivity contribution is 0.0953. The molecule has 2 aromatic carbocycles. The van der Waals surface area contributed by atoms with Crippen molar-refractivity contribution in [3.63, 3.8) is 0 Å². The van der Waals surface area contributed by atoms with E-state index in [0.717, 1.165) is 19.1 Å². The summed E-state index contributed by atoms with van der Waals surface area (Å²) < 4.78 is 23.0. The molecular formula is C17H19NO3S. The fourth-order valence-corrected chi connectivity index (χ4v) is 2.78. The van der Waals surface area contributed by atoms with E-state index < -0.39 is 9.84 Å². The fourth-order valence-electron chi connectivity index (χ4n) is 2.11. The molecule has 0 aliphatic rings. The molecule has 2 rings (SSSR count). The maximum atomic E-state index is 12.0. The van der Waals surface area contributed by atoms with Crippen LogP contribution < -0.4 is 5.32 Å². The number of benzene rings is 2. The van der Waals surface area contributed by atoms with Gasteiger partial charge in [-0.2, -0.15) is 0 Å². The van der Waals surface area contributed by atoms with Crippen LogP contribution in [-0.4, -0.2) is 27.1 Å². The molecule has 4 nitrogen and oxygen atoms in total. The first-order valence-electron chi connectivity index (χ1n) is 7.09. The standard InChI is InChI=1S/C17H19NO3S/c1-22(20,21)16-11-5-10-15(13-16)17(19)18-12-6-9-14-7-3-2-4-8-14/h2-5,7-8,10-11,13H,6,9,12H2,1H3,(H,18,19). The zero-order valence-electron chi connectivity index (χ0n) is 12.5. The topological polar surface area (TPSA) is 63.2 Å². The van der Waals surface area contributed by atoms with Crippen LogP contribution in [0.2, 0.25) is 0 Å². The number of carbonyl (C=O) groups is 1. The highest BCUT2D eigenvalue weighted by Gasteiger charge is 2.11. The van der Waals surface area contributed by atoms with Crippen LogP contribution in [0.25, 0.3) is 0 Å². The molecule has 0 unspecified atom stereocenters. The molecule has 0 aliphatic heterocycles. The van der Waals surface area contributed by atoms with Gasteiger partial charge in [0.15, 0.2) is 9.84 Å². The predicted molar refractivity (Wildman–Crippen MR) is 86.6 cm³/mol. The van der Waals surface area contributed by atoms with Crippen molar-refractivity contribution in [3.8, 4) is 0 Å². The molecule has 0 bridgehead atoms. The highest BCUT2D eigenvalue weighted by Crippen LogP contribution is 2.11. The molecule has 0 spiro atoms. The van der Waals surface area contributed by atoms with Crippen molar-refractivity contribution >= 4 is 15.7 Å². The summed E-state index contributed by atoms with van der Waals surface area (Å²) in [6, 6.07) is 16.1. The average molecular weight is 317 g/mol. The molecule has 0 aromatic heterocycles. The van der Waals surface area contributed by atoms with Crippen molar-refractivity contribution in [2.75, 3.05) is 12.8 Å². The third kappa shape index (κ3) is 4.70. The van der Waals surface area contributed by atoms with Gasteiger partial charge >= 0.3 is 0 Å². The van der Waals surface area contributed by atoms with Gasteiger partial charge in [-0.3, -0.25) is 4.79 Å². The van der Waals surface area contributed by atoms with Gasteiger partial charge < -0.3 is 5.32 Å². The normalized spacial score (nSPS) is 11.1. The number of sulfone groups is 1. The number of amides is 1. The van der Waals surface area contributed by atoms with Gasteiger partial charge in [-0.1, -0.05) is 36.4 Å². The van der Waals surface area contributed by atoms with Crippen LogP contribution in [0.15, 0.2) is 59.5 Å². The highest BCUT2D eigenvalue weighted by molar-refractivity contribution is 7.90. The number of carbonyl (C=O) groups excluding carboxylic acids is 1. The minimum Gasteiger partial charge on any atom is -0.352 e. The van der Waals surface area contributed by atoms with Gasteiger partial charge in [-0.25, -0.2) is 8.42 Å². The molecule has 0 aliphatic carbocycles. The zero-order valence-corrected chi connectivity index (χ0v) is 13.3. The Morgan fingerprint density at radius 1 is 1.05 bits per heavy atom. The van der Waals surface area contributed by atoms with Gasteiger partial charge in [-0.15, -0.1) is 0 Å². The van der Waals surface area contributed by atoms with E-state index in [1.807, 2.05) is 18.2 Å². The van der Waals surface area contributed by atoms with E-state index in [0.29, 0.717) is 12.1 Å². The number of rotatable bonds is 6. The van der Waals surface area contributed by atoms with E-state index in [9.17, 15) is 13.2 Å². The molecule has 116 valence electrons. The van der Waals surface area contributed by atoms with Gasteiger partial charge in [0.2, 0.25) is 0 Å². The Balaban J connectivity index is 1.88. The maximum Gasteiger partial charge on any atom is 0.251 e. The Morgan fingerprint density at radius 2 is 1.77 bits per heavy atom. The van der Waals surface area contributed by atoms with Crippen LogP contribution in [0.5, 0.6) is 0 Å². The molecular weight excluding hydrogens is 298 g/mol. The first kappa shape index (κ1) is 16.2. The Labute approximate surface area is 131 Å². The van der Waals surface area contributed by atoms with E-state index >= 15 is 0 Å². The Hall–Kier alpha value is -2.14. The second-order valence-electron chi connectivity index (χ2n) is 5.15. The average Bonchev–Trinajstić information content (AvgIpc) is 2.52. The monoisotopic (exact) mass is 317 g/mol. The molecule has 0 saturated heterocycles. The number of hydrogen-bond donors (Lipinski definition) is 1. The second-order valence-corrected chi connectivity index (χ2v) is 7.16. The van der Waals surface area contributed by atoms with E-state index in [1.165, 1.54) is 17.7 Å². The second kappa shape index (κ2) is 7.22. The maximum absolute atomic E-state index is 12.0. The van der Waals surface area contributed by atoms with Crippen molar-refractivity contribution in [1.82, 2.24) is 5.32 Å². The fraction of sp³-hybridized carbons (Fsp3) is 0.235. The lowest BCUT2D eigenvalue weighted by Gasteiger charge is -2.06.